The number of benzene rings is 2. The first-order valence-electron chi connectivity index (χ1n) is 9.46. The number of carbonyl (C=O) groups excluding carboxylic acids is 1. The molecule has 1 amide bonds. The summed E-state index contributed by atoms with van der Waals surface area (Å²) >= 11 is 0. The lowest BCUT2D eigenvalue weighted by atomic mass is 10.2. The van der Waals surface area contributed by atoms with Crippen molar-refractivity contribution in [3.8, 4) is 11.5 Å². The number of hydrogen-bond acceptors (Lipinski definition) is 6. The normalized spacial score (nSPS) is 10.6. The van der Waals surface area contributed by atoms with E-state index in [2.05, 4.69) is 25.5 Å². The zero-order valence-electron chi connectivity index (χ0n) is 16.6. The lowest BCUT2D eigenvalue weighted by Crippen LogP contribution is -2.17. The van der Waals surface area contributed by atoms with Crippen molar-refractivity contribution in [3.05, 3.63) is 72.7 Å². The summed E-state index contributed by atoms with van der Waals surface area (Å²) in [6.45, 7) is 1.79. The average molecular weight is 391 g/mol. The molecule has 29 heavy (non-hydrogen) atoms. The van der Waals surface area contributed by atoms with Gasteiger partial charge in [0.1, 0.15) is 17.3 Å². The predicted octanol–water partition coefficient (Wildman–Crippen LogP) is 3.88. The van der Waals surface area contributed by atoms with E-state index in [0.717, 1.165) is 19.5 Å². The van der Waals surface area contributed by atoms with Gasteiger partial charge in [-0.2, -0.15) is 0 Å². The van der Waals surface area contributed by atoms with Crippen molar-refractivity contribution in [1.29, 1.82) is 0 Å². The third kappa shape index (κ3) is 6.29. The second-order valence-corrected chi connectivity index (χ2v) is 6.74. The highest BCUT2D eigenvalue weighted by Gasteiger charge is 2.12. The minimum Gasteiger partial charge on any atom is -0.455 e. The second-order valence-electron chi connectivity index (χ2n) is 6.74. The average Bonchev–Trinajstić information content (AvgIpc) is 2.74. The summed E-state index contributed by atoms with van der Waals surface area (Å²) in [7, 11) is 4.08. The van der Waals surface area contributed by atoms with Gasteiger partial charge in [-0.25, -0.2) is 9.97 Å². The van der Waals surface area contributed by atoms with Crippen LogP contribution < -0.4 is 15.4 Å². The van der Waals surface area contributed by atoms with Crippen LogP contribution in [0.1, 0.15) is 16.9 Å². The maximum Gasteiger partial charge on any atom is 0.275 e. The molecule has 7 heteroatoms. The summed E-state index contributed by atoms with van der Waals surface area (Å²) < 4.78 is 5.87. The Morgan fingerprint density at radius 2 is 1.76 bits per heavy atom. The Kier molecular flexibility index (Phi) is 7.13. The molecule has 0 saturated heterocycles. The molecule has 0 aliphatic carbocycles. The van der Waals surface area contributed by atoms with Gasteiger partial charge in [-0.05, 0) is 51.3 Å². The molecular formula is C22H25N5O2. The molecule has 3 aromatic rings. The third-order valence-corrected chi connectivity index (χ3v) is 4.08. The third-order valence-electron chi connectivity index (χ3n) is 4.08. The fourth-order valence-corrected chi connectivity index (χ4v) is 2.61. The Hall–Kier alpha value is -3.45. The maximum absolute atomic E-state index is 12.6. The summed E-state index contributed by atoms with van der Waals surface area (Å²) in [4.78, 5) is 23.2. The first kappa shape index (κ1) is 20.3. The van der Waals surface area contributed by atoms with E-state index in [0.29, 0.717) is 23.0 Å². The molecule has 0 atom stereocenters. The van der Waals surface area contributed by atoms with E-state index in [9.17, 15) is 4.79 Å². The minimum absolute atomic E-state index is 0.235. The molecule has 0 spiro atoms. The van der Waals surface area contributed by atoms with Crippen molar-refractivity contribution < 1.29 is 9.53 Å². The Morgan fingerprint density at radius 1 is 1.00 bits per heavy atom. The van der Waals surface area contributed by atoms with E-state index in [1.54, 1.807) is 18.3 Å². The summed E-state index contributed by atoms with van der Waals surface area (Å²) in [5.41, 5.74) is 0.799. The fourth-order valence-electron chi connectivity index (χ4n) is 2.61. The van der Waals surface area contributed by atoms with Gasteiger partial charge in [0.2, 0.25) is 0 Å². The number of rotatable bonds is 9. The van der Waals surface area contributed by atoms with Crippen LogP contribution in [0.3, 0.4) is 0 Å². The summed E-state index contributed by atoms with van der Waals surface area (Å²) in [5.74, 6) is 1.55. The Bertz CT molecular complexity index is 914. The Morgan fingerprint density at radius 3 is 2.48 bits per heavy atom. The van der Waals surface area contributed by atoms with Crippen LogP contribution in [0.5, 0.6) is 11.5 Å². The van der Waals surface area contributed by atoms with Crippen molar-refractivity contribution >= 4 is 17.4 Å². The van der Waals surface area contributed by atoms with Gasteiger partial charge in [-0.15, -0.1) is 0 Å². The Labute approximate surface area is 170 Å². The van der Waals surface area contributed by atoms with Gasteiger partial charge in [-0.3, -0.25) is 4.79 Å². The highest BCUT2D eigenvalue weighted by atomic mass is 16.5. The lowest BCUT2D eigenvalue weighted by molar-refractivity contribution is 0.102. The van der Waals surface area contributed by atoms with E-state index in [1.165, 1.54) is 6.20 Å². The molecule has 3 rings (SSSR count). The van der Waals surface area contributed by atoms with E-state index in [1.807, 2.05) is 56.6 Å². The van der Waals surface area contributed by atoms with Crippen LogP contribution in [0.15, 0.2) is 67.0 Å². The molecule has 0 unspecified atom stereocenters. The van der Waals surface area contributed by atoms with Gasteiger partial charge in [0, 0.05) is 6.54 Å². The molecule has 150 valence electrons. The molecule has 0 saturated carbocycles. The molecular weight excluding hydrogens is 366 g/mol. The summed E-state index contributed by atoms with van der Waals surface area (Å²) in [5, 5.41) is 6.04. The standard InChI is InChI=1S/C22H25N5O2/c1-27(2)14-8-13-23-21-16-24-19(15-25-21)22(28)26-18-11-6-7-12-20(18)29-17-9-4-3-5-10-17/h3-7,9-12,15-16H,8,13-14H2,1-2H3,(H,23,25)(H,26,28). The number of aromatic nitrogens is 2. The number of nitrogens with zero attached hydrogens (tertiary/aromatic N) is 3. The molecule has 0 aliphatic rings. The molecule has 1 heterocycles. The van der Waals surface area contributed by atoms with Crippen molar-refractivity contribution in [2.24, 2.45) is 0 Å². The van der Waals surface area contributed by atoms with Crippen molar-refractivity contribution in [2.75, 3.05) is 37.8 Å². The quantitative estimate of drug-likeness (QED) is 0.539. The number of anilines is 2. The number of carbonyl (C=O) groups is 1. The first-order chi connectivity index (χ1) is 14.1. The highest BCUT2D eigenvalue weighted by Crippen LogP contribution is 2.29. The van der Waals surface area contributed by atoms with Gasteiger partial charge < -0.3 is 20.3 Å². The molecule has 0 fully saturated rings. The zero-order valence-corrected chi connectivity index (χ0v) is 16.6. The van der Waals surface area contributed by atoms with Crippen LogP contribution in [-0.2, 0) is 0 Å². The molecule has 0 aliphatic heterocycles. The lowest BCUT2D eigenvalue weighted by Gasteiger charge is -2.12. The first-order valence-corrected chi connectivity index (χ1v) is 9.46. The smallest absolute Gasteiger partial charge is 0.275 e. The van der Waals surface area contributed by atoms with Crippen LogP contribution in [-0.4, -0.2) is 48.0 Å². The summed E-state index contributed by atoms with van der Waals surface area (Å²) in [6, 6.07) is 16.7. The van der Waals surface area contributed by atoms with E-state index in [4.69, 9.17) is 4.74 Å². The van der Waals surface area contributed by atoms with Crippen molar-refractivity contribution in [1.82, 2.24) is 14.9 Å². The molecule has 2 N–H and O–H groups in total. The van der Waals surface area contributed by atoms with Crippen LogP contribution in [0, 0.1) is 0 Å². The maximum atomic E-state index is 12.6. The van der Waals surface area contributed by atoms with E-state index < -0.39 is 0 Å². The van der Waals surface area contributed by atoms with Crippen LogP contribution >= 0.6 is 0 Å². The van der Waals surface area contributed by atoms with Crippen LogP contribution in [0.2, 0.25) is 0 Å². The van der Waals surface area contributed by atoms with Crippen molar-refractivity contribution in [2.45, 2.75) is 6.42 Å². The molecule has 2 aromatic carbocycles. The molecule has 0 radical (unpaired) electrons. The fraction of sp³-hybridized carbons (Fsp3) is 0.227. The van der Waals surface area contributed by atoms with Crippen molar-refractivity contribution in [3.63, 3.8) is 0 Å². The predicted molar refractivity (Wildman–Crippen MR) is 115 cm³/mol. The van der Waals surface area contributed by atoms with Gasteiger partial charge in [-0.1, -0.05) is 30.3 Å². The largest absolute Gasteiger partial charge is 0.455 e. The number of para-hydroxylation sites is 3. The number of nitrogens with one attached hydrogen (secondary N) is 2. The minimum atomic E-state index is -0.347. The SMILES string of the molecule is CN(C)CCCNc1cnc(C(=O)Nc2ccccc2Oc2ccccc2)cn1. The summed E-state index contributed by atoms with van der Waals surface area (Å²) in [6.07, 6.45) is 4.02. The topological polar surface area (TPSA) is 79.4 Å². The zero-order chi connectivity index (χ0) is 20.5. The highest BCUT2D eigenvalue weighted by molar-refractivity contribution is 6.03. The van der Waals surface area contributed by atoms with E-state index in [-0.39, 0.29) is 11.6 Å². The van der Waals surface area contributed by atoms with Crippen LogP contribution in [0.25, 0.3) is 0 Å². The van der Waals surface area contributed by atoms with Gasteiger partial charge >= 0.3 is 0 Å². The number of hydrogen-bond donors (Lipinski definition) is 2. The van der Waals surface area contributed by atoms with Gasteiger partial charge in [0.25, 0.3) is 5.91 Å². The second kappa shape index (κ2) is 10.2. The monoisotopic (exact) mass is 391 g/mol. The van der Waals surface area contributed by atoms with E-state index >= 15 is 0 Å². The molecule has 1 aromatic heterocycles. The Balaban J connectivity index is 1.60. The number of ether oxygens (including phenoxy) is 1. The van der Waals surface area contributed by atoms with Crippen LogP contribution in [0.4, 0.5) is 11.5 Å². The molecule has 0 bridgehead atoms. The van der Waals surface area contributed by atoms with Gasteiger partial charge in [0.15, 0.2) is 5.75 Å². The molecule has 7 nitrogen and oxygen atoms in total. The number of amides is 1. The van der Waals surface area contributed by atoms with Gasteiger partial charge in [0.05, 0.1) is 18.1 Å².